The average Bonchev–Trinajstić information content (AvgIpc) is 3.30. The maximum absolute atomic E-state index is 11.6. The van der Waals surface area contributed by atoms with Crippen LogP contribution in [0.4, 0.5) is 4.79 Å². The van der Waals surface area contributed by atoms with Gasteiger partial charge in [-0.1, -0.05) is 0 Å². The van der Waals surface area contributed by atoms with Gasteiger partial charge >= 0.3 is 6.09 Å². The van der Waals surface area contributed by atoms with Gasteiger partial charge in [-0.25, -0.2) is 4.79 Å². The zero-order valence-corrected chi connectivity index (χ0v) is 17.6. The van der Waals surface area contributed by atoms with Gasteiger partial charge in [-0.3, -0.25) is 4.99 Å². The van der Waals surface area contributed by atoms with E-state index >= 15 is 0 Å². The van der Waals surface area contributed by atoms with Gasteiger partial charge in [0.25, 0.3) is 0 Å². The van der Waals surface area contributed by atoms with Crippen LogP contribution in [-0.2, 0) is 11.3 Å². The molecule has 0 saturated heterocycles. The molecule has 136 valence electrons. The van der Waals surface area contributed by atoms with Crippen molar-refractivity contribution in [3.05, 3.63) is 21.9 Å². The number of halogens is 1. The molecule has 2 rings (SSSR count). The predicted octanol–water partition coefficient (Wildman–Crippen LogP) is 2.86. The summed E-state index contributed by atoms with van der Waals surface area (Å²) in [5, 5.41) is 11.6. The van der Waals surface area contributed by atoms with Crippen LogP contribution in [-0.4, -0.2) is 38.3 Å². The molecule has 3 N–H and O–H groups in total. The molecule has 6 nitrogen and oxygen atoms in total. The number of nitrogens with one attached hydrogen (secondary N) is 3. The van der Waals surface area contributed by atoms with Gasteiger partial charge in [-0.2, -0.15) is 0 Å². The second kappa shape index (κ2) is 10.8. The van der Waals surface area contributed by atoms with Crippen molar-refractivity contribution in [2.45, 2.75) is 39.3 Å². The molecular formula is C16H27IN4O2S. The van der Waals surface area contributed by atoms with E-state index in [1.54, 1.807) is 18.4 Å². The maximum Gasteiger partial charge on any atom is 0.407 e. The Balaban J connectivity index is 0.00000288. The number of carbonyl (C=O) groups excluding carboxylic acids is 1. The second-order valence-corrected chi connectivity index (χ2v) is 6.64. The highest BCUT2D eigenvalue weighted by Crippen LogP contribution is 2.32. The molecule has 8 heteroatoms. The van der Waals surface area contributed by atoms with Crippen LogP contribution in [0, 0.1) is 12.8 Å². The number of guanidine groups is 1. The van der Waals surface area contributed by atoms with E-state index in [1.165, 1.54) is 10.4 Å². The molecule has 1 aliphatic rings. The maximum atomic E-state index is 11.6. The zero-order valence-electron chi connectivity index (χ0n) is 14.4. The van der Waals surface area contributed by atoms with E-state index in [0.29, 0.717) is 19.1 Å². The highest BCUT2D eigenvalue weighted by Gasteiger charge is 2.32. The normalized spacial score (nSPS) is 15.2. The summed E-state index contributed by atoms with van der Waals surface area (Å²) in [4.78, 5) is 17.2. The quantitative estimate of drug-likeness (QED) is 0.328. The summed E-state index contributed by atoms with van der Waals surface area (Å²) in [6.45, 7) is 5.70. The molecule has 1 saturated carbocycles. The third-order valence-electron chi connectivity index (χ3n) is 3.87. The Hall–Kier alpha value is -1.03. The van der Waals surface area contributed by atoms with Gasteiger partial charge in [-0.15, -0.1) is 35.3 Å². The van der Waals surface area contributed by atoms with Crippen molar-refractivity contribution in [2.24, 2.45) is 10.9 Å². The van der Waals surface area contributed by atoms with Crippen LogP contribution in [0.2, 0.25) is 0 Å². The summed E-state index contributed by atoms with van der Waals surface area (Å²) in [5.74, 6) is 1.28. The molecule has 1 amide bonds. The molecule has 0 aliphatic heterocycles. The van der Waals surface area contributed by atoms with Gasteiger partial charge in [-0.05, 0) is 49.6 Å². The highest BCUT2D eigenvalue weighted by molar-refractivity contribution is 14.0. The third-order valence-corrected chi connectivity index (χ3v) is 4.89. The van der Waals surface area contributed by atoms with Crippen LogP contribution in [0.3, 0.4) is 0 Å². The number of aryl methyl sites for hydroxylation is 1. The Kier molecular flexibility index (Phi) is 9.42. The number of carbonyl (C=O) groups is 1. The SMILES string of the molecule is CCOC(=O)NC(CNC(=NC)NCc1sccc1C)C1CC1.I. The van der Waals surface area contributed by atoms with E-state index in [9.17, 15) is 4.79 Å². The molecule has 24 heavy (non-hydrogen) atoms. The van der Waals surface area contributed by atoms with Crippen molar-refractivity contribution < 1.29 is 9.53 Å². The van der Waals surface area contributed by atoms with Crippen LogP contribution in [0.15, 0.2) is 16.4 Å². The van der Waals surface area contributed by atoms with Crippen molar-refractivity contribution in [3.8, 4) is 0 Å². The first kappa shape index (κ1) is 21.0. The number of rotatable bonds is 7. The van der Waals surface area contributed by atoms with E-state index in [4.69, 9.17) is 4.74 Å². The van der Waals surface area contributed by atoms with E-state index in [2.05, 4.69) is 39.3 Å². The fourth-order valence-corrected chi connectivity index (χ4v) is 3.18. The molecule has 0 bridgehead atoms. The molecule has 1 unspecified atom stereocenters. The minimum absolute atomic E-state index is 0. The van der Waals surface area contributed by atoms with E-state index < -0.39 is 0 Å². The number of amides is 1. The molecule has 0 aromatic carbocycles. The Labute approximate surface area is 164 Å². The predicted molar refractivity (Wildman–Crippen MR) is 109 cm³/mol. The van der Waals surface area contributed by atoms with Gasteiger partial charge in [0.2, 0.25) is 0 Å². The summed E-state index contributed by atoms with van der Waals surface area (Å²) in [5.41, 5.74) is 1.29. The molecule has 1 aromatic rings. The van der Waals surface area contributed by atoms with Crippen LogP contribution in [0.5, 0.6) is 0 Å². The second-order valence-electron chi connectivity index (χ2n) is 5.64. The van der Waals surface area contributed by atoms with E-state index in [-0.39, 0.29) is 36.1 Å². The minimum Gasteiger partial charge on any atom is -0.450 e. The fraction of sp³-hybridized carbons (Fsp3) is 0.625. The van der Waals surface area contributed by atoms with Crippen molar-refractivity contribution in [3.63, 3.8) is 0 Å². The van der Waals surface area contributed by atoms with Crippen molar-refractivity contribution in [1.29, 1.82) is 0 Å². The van der Waals surface area contributed by atoms with Crippen molar-refractivity contribution >= 4 is 47.4 Å². The standard InChI is InChI=1S/C16H26N4O2S.HI/c1-4-22-16(21)20-13(12-5-6-12)9-18-15(17-3)19-10-14-11(2)7-8-23-14;/h7-8,12-13H,4-6,9-10H2,1-3H3,(H,20,21)(H2,17,18,19);1H. The Bertz CT molecular complexity index is 546. The lowest BCUT2D eigenvalue weighted by atomic mass is 10.2. The molecule has 1 heterocycles. The Morgan fingerprint density at radius 3 is 2.75 bits per heavy atom. The molecule has 1 aromatic heterocycles. The van der Waals surface area contributed by atoms with Crippen LogP contribution >= 0.6 is 35.3 Å². The lowest BCUT2D eigenvalue weighted by Gasteiger charge is -2.20. The largest absolute Gasteiger partial charge is 0.450 e. The number of thiophene rings is 1. The zero-order chi connectivity index (χ0) is 16.7. The fourth-order valence-electron chi connectivity index (χ4n) is 2.33. The monoisotopic (exact) mass is 466 g/mol. The summed E-state index contributed by atoms with van der Waals surface area (Å²) < 4.78 is 4.97. The average molecular weight is 466 g/mol. The van der Waals surface area contributed by atoms with Crippen molar-refractivity contribution in [1.82, 2.24) is 16.0 Å². The number of nitrogens with zero attached hydrogens (tertiary/aromatic N) is 1. The van der Waals surface area contributed by atoms with Gasteiger partial charge in [0, 0.05) is 18.5 Å². The van der Waals surface area contributed by atoms with Gasteiger partial charge < -0.3 is 20.7 Å². The van der Waals surface area contributed by atoms with Gasteiger partial charge in [0.1, 0.15) is 0 Å². The summed E-state index contributed by atoms with van der Waals surface area (Å²) >= 11 is 1.74. The van der Waals surface area contributed by atoms with Crippen LogP contribution in [0.25, 0.3) is 0 Å². The number of hydrogen-bond acceptors (Lipinski definition) is 4. The van der Waals surface area contributed by atoms with E-state index in [1.807, 2.05) is 6.92 Å². The topological polar surface area (TPSA) is 74.8 Å². The minimum atomic E-state index is -0.344. The van der Waals surface area contributed by atoms with Gasteiger partial charge in [0.05, 0.1) is 19.2 Å². The number of hydrogen-bond donors (Lipinski definition) is 3. The first-order valence-electron chi connectivity index (χ1n) is 8.04. The van der Waals surface area contributed by atoms with Gasteiger partial charge in [0.15, 0.2) is 5.96 Å². The van der Waals surface area contributed by atoms with Crippen molar-refractivity contribution in [2.75, 3.05) is 20.2 Å². The first-order chi connectivity index (χ1) is 11.1. The molecule has 1 fully saturated rings. The molecule has 1 atom stereocenters. The summed E-state index contributed by atoms with van der Waals surface area (Å²) in [6, 6.07) is 2.20. The third kappa shape index (κ3) is 6.84. The lowest BCUT2D eigenvalue weighted by Crippen LogP contribution is -2.48. The number of aliphatic imine (C=N–C) groups is 1. The molecular weight excluding hydrogens is 439 g/mol. The molecule has 1 aliphatic carbocycles. The molecule has 0 spiro atoms. The highest BCUT2D eigenvalue weighted by atomic mass is 127. The lowest BCUT2D eigenvalue weighted by molar-refractivity contribution is 0.146. The van der Waals surface area contributed by atoms with E-state index in [0.717, 1.165) is 25.3 Å². The smallest absolute Gasteiger partial charge is 0.407 e. The number of alkyl carbamates (subject to hydrolysis) is 1. The summed E-state index contributed by atoms with van der Waals surface area (Å²) in [7, 11) is 1.75. The van der Waals surface area contributed by atoms with Crippen LogP contribution < -0.4 is 16.0 Å². The summed E-state index contributed by atoms with van der Waals surface area (Å²) in [6.07, 6.45) is 1.96. The molecule has 0 radical (unpaired) electrons. The first-order valence-corrected chi connectivity index (χ1v) is 8.92. The number of ether oxygens (including phenoxy) is 1. The van der Waals surface area contributed by atoms with Crippen LogP contribution in [0.1, 0.15) is 30.2 Å². The Morgan fingerprint density at radius 2 is 2.21 bits per heavy atom. The Morgan fingerprint density at radius 1 is 1.46 bits per heavy atom.